The second-order valence-corrected chi connectivity index (χ2v) is 4.45. The number of aromatic nitrogens is 1. The summed E-state index contributed by atoms with van der Waals surface area (Å²) >= 11 is 0. The number of nitrogens with zero attached hydrogens (tertiary/aromatic N) is 1. The average Bonchev–Trinajstić information content (AvgIpc) is 2.27. The zero-order chi connectivity index (χ0) is 13.3. The van der Waals surface area contributed by atoms with Gasteiger partial charge in [0.2, 0.25) is 0 Å². The third-order valence-corrected chi connectivity index (χ3v) is 2.82. The van der Waals surface area contributed by atoms with Crippen LogP contribution in [0.3, 0.4) is 0 Å². The number of rotatable bonds is 2. The van der Waals surface area contributed by atoms with Crippen LogP contribution < -0.4 is 0 Å². The molecule has 0 atom stereocenters. The number of halogens is 1. The molecule has 0 aliphatic rings. The van der Waals surface area contributed by atoms with E-state index in [4.69, 9.17) is 0 Å². The summed E-state index contributed by atoms with van der Waals surface area (Å²) in [5, 5.41) is 0. The van der Waals surface area contributed by atoms with Gasteiger partial charge in [0, 0.05) is 17.5 Å². The molecule has 2 rings (SSSR count). The molecule has 92 valence electrons. The summed E-state index contributed by atoms with van der Waals surface area (Å²) in [5.41, 5.74) is 2.82. The van der Waals surface area contributed by atoms with Crippen LogP contribution in [0.4, 0.5) is 4.39 Å². The largest absolute Gasteiger partial charge is 0.288 e. The van der Waals surface area contributed by atoms with Gasteiger partial charge in [-0.2, -0.15) is 0 Å². The molecule has 0 bridgehead atoms. The van der Waals surface area contributed by atoms with Gasteiger partial charge >= 0.3 is 0 Å². The molecule has 0 saturated heterocycles. The highest BCUT2D eigenvalue weighted by Crippen LogP contribution is 2.19. The number of pyridine rings is 1. The summed E-state index contributed by atoms with van der Waals surface area (Å²) in [7, 11) is 0. The lowest BCUT2D eigenvalue weighted by Gasteiger charge is -2.08. The maximum absolute atomic E-state index is 13.9. The van der Waals surface area contributed by atoms with Crippen molar-refractivity contribution < 1.29 is 9.18 Å². The zero-order valence-electron chi connectivity index (χ0n) is 10.6. The number of ketones is 1. The third-order valence-electron chi connectivity index (χ3n) is 2.82. The molecule has 0 fully saturated rings. The summed E-state index contributed by atoms with van der Waals surface area (Å²) in [6.07, 6.45) is 1.56. The average molecular weight is 243 g/mol. The Balaban J connectivity index is 2.53. The smallest absolute Gasteiger partial charge is 0.196 e. The van der Waals surface area contributed by atoms with Crippen LogP contribution in [-0.4, -0.2) is 10.8 Å². The number of hydrogen-bond donors (Lipinski definition) is 0. The van der Waals surface area contributed by atoms with E-state index < -0.39 is 5.82 Å². The standard InChI is InChI=1S/C15H14FNO/c1-9-6-10(2)14(13(16)7-9)15(18)12-4-5-17-11(3)8-12/h4-8H,1-3H3. The Morgan fingerprint density at radius 2 is 1.89 bits per heavy atom. The monoisotopic (exact) mass is 243 g/mol. The molecule has 18 heavy (non-hydrogen) atoms. The Morgan fingerprint density at radius 1 is 1.17 bits per heavy atom. The fourth-order valence-corrected chi connectivity index (χ4v) is 2.03. The fourth-order valence-electron chi connectivity index (χ4n) is 2.03. The molecule has 0 spiro atoms. The Hall–Kier alpha value is -2.03. The molecule has 2 aromatic rings. The molecule has 0 aliphatic heterocycles. The van der Waals surface area contributed by atoms with E-state index in [0.29, 0.717) is 11.1 Å². The van der Waals surface area contributed by atoms with Crippen LogP contribution in [0, 0.1) is 26.6 Å². The summed E-state index contributed by atoms with van der Waals surface area (Å²) in [6, 6.07) is 6.47. The number of benzene rings is 1. The minimum atomic E-state index is -0.466. The second kappa shape index (κ2) is 4.69. The van der Waals surface area contributed by atoms with E-state index in [9.17, 15) is 9.18 Å². The van der Waals surface area contributed by atoms with Gasteiger partial charge in [0.25, 0.3) is 0 Å². The van der Waals surface area contributed by atoms with Gasteiger partial charge in [0.05, 0.1) is 5.56 Å². The quantitative estimate of drug-likeness (QED) is 0.757. The fraction of sp³-hybridized carbons (Fsp3) is 0.200. The Kier molecular flexibility index (Phi) is 3.24. The van der Waals surface area contributed by atoms with Gasteiger partial charge in [-0.05, 0) is 50.1 Å². The SMILES string of the molecule is Cc1cc(C)c(C(=O)c2ccnc(C)c2)c(F)c1. The minimum absolute atomic E-state index is 0.145. The lowest BCUT2D eigenvalue weighted by atomic mass is 9.97. The molecule has 1 heterocycles. The molecule has 3 heteroatoms. The summed E-state index contributed by atoms with van der Waals surface area (Å²) in [6.45, 7) is 5.35. The van der Waals surface area contributed by atoms with Crippen LogP contribution >= 0.6 is 0 Å². The number of carbonyl (C=O) groups is 1. The molecular weight excluding hydrogens is 229 g/mol. The highest BCUT2D eigenvalue weighted by atomic mass is 19.1. The van der Waals surface area contributed by atoms with Crippen molar-refractivity contribution >= 4 is 5.78 Å². The van der Waals surface area contributed by atoms with Crippen LogP contribution in [0.1, 0.15) is 32.7 Å². The molecule has 0 unspecified atom stereocenters. The maximum Gasteiger partial charge on any atom is 0.196 e. The van der Waals surface area contributed by atoms with Crippen molar-refractivity contribution in [1.29, 1.82) is 0 Å². The van der Waals surface area contributed by atoms with Crippen molar-refractivity contribution in [2.45, 2.75) is 20.8 Å². The Morgan fingerprint density at radius 3 is 2.50 bits per heavy atom. The molecule has 0 radical (unpaired) electrons. The van der Waals surface area contributed by atoms with Gasteiger partial charge in [-0.3, -0.25) is 9.78 Å². The van der Waals surface area contributed by atoms with E-state index in [0.717, 1.165) is 11.3 Å². The minimum Gasteiger partial charge on any atom is -0.288 e. The van der Waals surface area contributed by atoms with E-state index >= 15 is 0 Å². The van der Waals surface area contributed by atoms with E-state index in [2.05, 4.69) is 4.98 Å². The van der Waals surface area contributed by atoms with Gasteiger partial charge < -0.3 is 0 Å². The van der Waals surface area contributed by atoms with E-state index in [1.54, 1.807) is 39.1 Å². The number of aryl methyl sites for hydroxylation is 3. The normalized spacial score (nSPS) is 10.4. The highest BCUT2D eigenvalue weighted by Gasteiger charge is 2.17. The van der Waals surface area contributed by atoms with Gasteiger partial charge in [0.1, 0.15) is 5.82 Å². The molecule has 1 aromatic carbocycles. The lowest BCUT2D eigenvalue weighted by Crippen LogP contribution is -2.08. The highest BCUT2D eigenvalue weighted by molar-refractivity contribution is 6.10. The first kappa shape index (κ1) is 12.4. The zero-order valence-corrected chi connectivity index (χ0v) is 10.6. The van der Waals surface area contributed by atoms with Gasteiger partial charge in [-0.25, -0.2) is 4.39 Å². The summed E-state index contributed by atoms with van der Waals surface area (Å²) < 4.78 is 13.9. The van der Waals surface area contributed by atoms with Crippen LogP contribution in [0.15, 0.2) is 30.5 Å². The van der Waals surface area contributed by atoms with Crippen molar-refractivity contribution in [3.8, 4) is 0 Å². The molecule has 0 N–H and O–H groups in total. The second-order valence-electron chi connectivity index (χ2n) is 4.45. The first-order valence-corrected chi connectivity index (χ1v) is 5.73. The van der Waals surface area contributed by atoms with Gasteiger partial charge in [-0.15, -0.1) is 0 Å². The topological polar surface area (TPSA) is 30.0 Å². The molecule has 2 nitrogen and oxygen atoms in total. The first-order valence-electron chi connectivity index (χ1n) is 5.73. The van der Waals surface area contributed by atoms with Crippen LogP contribution in [0.25, 0.3) is 0 Å². The predicted molar refractivity (Wildman–Crippen MR) is 68.3 cm³/mol. The van der Waals surface area contributed by atoms with Gasteiger partial charge in [0.15, 0.2) is 5.78 Å². The lowest BCUT2D eigenvalue weighted by molar-refractivity contribution is 0.103. The predicted octanol–water partition coefficient (Wildman–Crippen LogP) is 3.38. The number of hydrogen-bond acceptors (Lipinski definition) is 2. The van der Waals surface area contributed by atoms with Crippen molar-refractivity contribution in [3.63, 3.8) is 0 Å². The van der Waals surface area contributed by atoms with Crippen molar-refractivity contribution in [1.82, 2.24) is 4.98 Å². The summed E-state index contributed by atoms with van der Waals surface area (Å²) in [4.78, 5) is 16.3. The maximum atomic E-state index is 13.9. The molecule has 0 amide bonds. The third kappa shape index (κ3) is 2.30. The molecule has 0 saturated carbocycles. The molecular formula is C15H14FNO. The Bertz CT molecular complexity index is 597. The van der Waals surface area contributed by atoms with Crippen LogP contribution in [0.2, 0.25) is 0 Å². The summed E-state index contributed by atoms with van der Waals surface area (Å²) in [5.74, 6) is -0.762. The van der Waals surface area contributed by atoms with E-state index in [1.807, 2.05) is 6.07 Å². The van der Waals surface area contributed by atoms with E-state index in [-0.39, 0.29) is 11.3 Å². The van der Waals surface area contributed by atoms with Gasteiger partial charge in [-0.1, -0.05) is 6.07 Å². The molecule has 1 aromatic heterocycles. The number of carbonyl (C=O) groups excluding carboxylic acids is 1. The van der Waals surface area contributed by atoms with Crippen LogP contribution in [-0.2, 0) is 0 Å². The first-order chi connectivity index (χ1) is 8.49. The van der Waals surface area contributed by atoms with Crippen molar-refractivity contribution in [2.24, 2.45) is 0 Å². The van der Waals surface area contributed by atoms with E-state index in [1.165, 1.54) is 6.07 Å². The van der Waals surface area contributed by atoms with Crippen LogP contribution in [0.5, 0.6) is 0 Å². The molecule has 0 aliphatic carbocycles. The van der Waals surface area contributed by atoms with Crippen molar-refractivity contribution in [3.05, 3.63) is 64.2 Å². The van der Waals surface area contributed by atoms with Crippen molar-refractivity contribution in [2.75, 3.05) is 0 Å². The Labute approximate surface area is 105 Å².